The quantitative estimate of drug-likeness (QED) is 0.556. The lowest BCUT2D eigenvalue weighted by molar-refractivity contribution is -0.124. The van der Waals surface area contributed by atoms with Crippen molar-refractivity contribution in [1.29, 1.82) is 0 Å². The molecule has 2 aromatic rings. The predicted octanol–water partition coefficient (Wildman–Crippen LogP) is 1.82. The summed E-state index contributed by atoms with van der Waals surface area (Å²) in [6.45, 7) is 2.18. The molecule has 0 aromatic heterocycles. The Labute approximate surface area is 175 Å². The molecular weight excluding hydrogens is 404 g/mol. The summed E-state index contributed by atoms with van der Waals surface area (Å²) in [5.41, 5.74) is 2.31. The number of benzene rings is 2. The average Bonchev–Trinajstić information content (AvgIpc) is 3.00. The molecule has 0 unspecified atom stereocenters. The lowest BCUT2D eigenvalue weighted by Crippen LogP contribution is -2.33. The zero-order chi connectivity index (χ0) is 21.6. The van der Waals surface area contributed by atoms with E-state index < -0.39 is 10.0 Å². The van der Waals surface area contributed by atoms with Crippen molar-refractivity contribution in [3.05, 3.63) is 59.7 Å². The highest BCUT2D eigenvalue weighted by atomic mass is 32.2. The number of amides is 2. The van der Waals surface area contributed by atoms with Crippen molar-refractivity contribution in [2.75, 3.05) is 18.4 Å². The van der Waals surface area contributed by atoms with E-state index in [0.717, 1.165) is 17.7 Å². The molecule has 0 atom stereocenters. The number of nitrogens with zero attached hydrogens (tertiary/aromatic N) is 1. The summed E-state index contributed by atoms with van der Waals surface area (Å²) in [6.07, 6.45) is 1.41. The molecule has 0 radical (unpaired) electrons. The number of para-hydroxylation sites is 1. The summed E-state index contributed by atoms with van der Waals surface area (Å²) >= 11 is 0. The van der Waals surface area contributed by atoms with Gasteiger partial charge >= 0.3 is 0 Å². The molecule has 1 heterocycles. The second-order valence-corrected chi connectivity index (χ2v) is 8.42. The third kappa shape index (κ3) is 5.24. The van der Waals surface area contributed by atoms with Gasteiger partial charge in [0.2, 0.25) is 11.8 Å². The second kappa shape index (κ2) is 9.53. The fourth-order valence-corrected chi connectivity index (χ4v) is 4.34. The molecule has 2 aromatic carbocycles. The number of carbonyl (C=O) groups excluding carboxylic acids is 2. The number of hydrogen-bond donors (Lipinski definition) is 3. The summed E-state index contributed by atoms with van der Waals surface area (Å²) in [4.78, 5) is 28.5. The number of fused-ring (bicyclic) bond motifs is 1. The Bertz CT molecular complexity index is 1080. The van der Waals surface area contributed by atoms with Gasteiger partial charge in [-0.15, -0.1) is 0 Å². The Balaban J connectivity index is 1.43. The minimum Gasteiger partial charge on any atom is -0.347 e. The number of aryl methyl sites for hydroxylation is 1. The highest BCUT2D eigenvalue weighted by molar-refractivity contribution is 7.90. The smallest absolute Gasteiger partial charge is 0.263 e. The Morgan fingerprint density at radius 1 is 1.03 bits per heavy atom. The van der Waals surface area contributed by atoms with Gasteiger partial charge in [-0.25, -0.2) is 8.42 Å². The van der Waals surface area contributed by atoms with Crippen LogP contribution in [0.4, 0.5) is 5.69 Å². The van der Waals surface area contributed by atoms with Crippen LogP contribution in [0.2, 0.25) is 0 Å². The van der Waals surface area contributed by atoms with Crippen LogP contribution in [0.1, 0.15) is 30.9 Å². The van der Waals surface area contributed by atoms with Crippen molar-refractivity contribution in [1.82, 2.24) is 10.0 Å². The van der Waals surface area contributed by atoms with Crippen molar-refractivity contribution in [2.45, 2.75) is 31.1 Å². The summed E-state index contributed by atoms with van der Waals surface area (Å²) < 4.78 is 26.5. The molecule has 1 aliphatic rings. The summed E-state index contributed by atoms with van der Waals surface area (Å²) in [6, 6.07) is 14.1. The number of nitrogens with one attached hydrogen (secondary N) is 3. The van der Waals surface area contributed by atoms with E-state index in [1.54, 1.807) is 18.2 Å². The van der Waals surface area contributed by atoms with Crippen LogP contribution < -0.4 is 15.4 Å². The summed E-state index contributed by atoms with van der Waals surface area (Å²) in [5, 5.41) is 5.38. The number of rotatable bonds is 8. The number of sulfonamides is 1. The zero-order valence-corrected chi connectivity index (χ0v) is 17.5. The summed E-state index contributed by atoms with van der Waals surface area (Å²) in [5.74, 6) is -0.261. The van der Waals surface area contributed by atoms with Crippen molar-refractivity contribution in [3.8, 4) is 0 Å². The largest absolute Gasteiger partial charge is 0.347 e. The molecule has 3 N–H and O–H groups in total. The number of hydrogen-bond acceptors (Lipinski definition) is 5. The van der Waals surface area contributed by atoms with E-state index in [1.165, 1.54) is 6.07 Å². The first kappa shape index (κ1) is 21.5. The average molecular weight is 429 g/mol. The van der Waals surface area contributed by atoms with Crippen LogP contribution in [-0.4, -0.2) is 39.2 Å². The molecule has 0 fully saturated rings. The van der Waals surface area contributed by atoms with Crippen LogP contribution in [-0.2, 0) is 26.0 Å². The molecule has 0 saturated carbocycles. The fourth-order valence-electron chi connectivity index (χ4n) is 3.09. The first-order chi connectivity index (χ1) is 14.4. The second-order valence-electron chi connectivity index (χ2n) is 6.77. The number of amidine groups is 1. The van der Waals surface area contributed by atoms with E-state index in [0.29, 0.717) is 17.8 Å². The lowest BCUT2D eigenvalue weighted by atomic mass is 10.1. The van der Waals surface area contributed by atoms with Crippen LogP contribution in [0.5, 0.6) is 0 Å². The molecule has 1 aliphatic heterocycles. The van der Waals surface area contributed by atoms with E-state index >= 15 is 0 Å². The first-order valence-electron chi connectivity index (χ1n) is 9.72. The number of aliphatic imine (C=N–C) groups is 1. The maximum atomic E-state index is 12.1. The Morgan fingerprint density at radius 3 is 2.57 bits per heavy atom. The van der Waals surface area contributed by atoms with Crippen LogP contribution in [0.15, 0.2) is 58.4 Å². The number of carbonyl (C=O) groups is 2. The highest BCUT2D eigenvalue weighted by Gasteiger charge is 2.29. The normalized spacial score (nSPS) is 15.3. The molecule has 0 spiro atoms. The van der Waals surface area contributed by atoms with E-state index in [-0.39, 0.29) is 36.2 Å². The van der Waals surface area contributed by atoms with Crippen LogP contribution in [0.3, 0.4) is 0 Å². The Kier molecular flexibility index (Phi) is 6.83. The Morgan fingerprint density at radius 2 is 1.77 bits per heavy atom. The molecule has 3 rings (SSSR count). The van der Waals surface area contributed by atoms with Gasteiger partial charge in [-0.3, -0.25) is 19.3 Å². The maximum absolute atomic E-state index is 12.1. The van der Waals surface area contributed by atoms with Crippen molar-refractivity contribution in [2.24, 2.45) is 4.99 Å². The van der Waals surface area contributed by atoms with E-state index in [2.05, 4.69) is 20.3 Å². The van der Waals surface area contributed by atoms with Crippen LogP contribution in [0, 0.1) is 0 Å². The topological polar surface area (TPSA) is 117 Å². The monoisotopic (exact) mass is 428 g/mol. The van der Waals surface area contributed by atoms with Gasteiger partial charge in [0.15, 0.2) is 0 Å². The Hall–Kier alpha value is -3.20. The van der Waals surface area contributed by atoms with E-state index in [9.17, 15) is 18.0 Å². The molecule has 30 heavy (non-hydrogen) atoms. The molecule has 0 aliphatic carbocycles. The van der Waals surface area contributed by atoms with Gasteiger partial charge in [0, 0.05) is 24.2 Å². The van der Waals surface area contributed by atoms with Gasteiger partial charge in [-0.2, -0.15) is 0 Å². The van der Waals surface area contributed by atoms with E-state index in [1.807, 2.05) is 31.2 Å². The minimum atomic E-state index is -3.56. The molecule has 9 heteroatoms. The molecular formula is C21H24N4O4S. The van der Waals surface area contributed by atoms with Crippen molar-refractivity contribution >= 4 is 33.4 Å². The van der Waals surface area contributed by atoms with Gasteiger partial charge in [-0.05, 0) is 36.6 Å². The summed E-state index contributed by atoms with van der Waals surface area (Å²) in [7, 11) is -3.56. The predicted molar refractivity (Wildman–Crippen MR) is 115 cm³/mol. The molecule has 0 bridgehead atoms. The molecule has 8 nitrogen and oxygen atoms in total. The fraction of sp³-hybridized carbons (Fsp3) is 0.286. The zero-order valence-electron chi connectivity index (χ0n) is 16.6. The van der Waals surface area contributed by atoms with Gasteiger partial charge in [0.1, 0.15) is 5.84 Å². The van der Waals surface area contributed by atoms with Crippen LogP contribution >= 0.6 is 0 Å². The standard InChI is InChI=1S/C21H24N4O4S/c1-2-15-8-3-5-10-17(15)24-20(27)14-23-19(26)12-7-13-22-21-16-9-4-6-11-18(16)30(28,29)25-21/h3-6,8-11H,2,7,12-14H2,1H3,(H,22,25)(H,23,26)(H,24,27). The number of anilines is 1. The first-order valence-corrected chi connectivity index (χ1v) is 11.2. The van der Waals surface area contributed by atoms with Gasteiger partial charge in [0.05, 0.1) is 11.4 Å². The third-order valence-electron chi connectivity index (χ3n) is 4.61. The van der Waals surface area contributed by atoms with Crippen molar-refractivity contribution in [3.63, 3.8) is 0 Å². The van der Waals surface area contributed by atoms with Crippen LogP contribution in [0.25, 0.3) is 0 Å². The van der Waals surface area contributed by atoms with E-state index in [4.69, 9.17) is 0 Å². The van der Waals surface area contributed by atoms with Gasteiger partial charge in [-0.1, -0.05) is 37.3 Å². The molecule has 2 amide bonds. The molecule has 158 valence electrons. The van der Waals surface area contributed by atoms with Gasteiger partial charge in [0.25, 0.3) is 10.0 Å². The SMILES string of the molecule is CCc1ccccc1NC(=O)CNC(=O)CCCN=C1NS(=O)(=O)c2ccccc21. The minimum absolute atomic E-state index is 0.113. The lowest BCUT2D eigenvalue weighted by Gasteiger charge is -2.10. The third-order valence-corrected chi connectivity index (χ3v) is 6.01. The highest BCUT2D eigenvalue weighted by Crippen LogP contribution is 2.22. The van der Waals surface area contributed by atoms with Gasteiger partial charge < -0.3 is 10.6 Å². The van der Waals surface area contributed by atoms with Crippen molar-refractivity contribution < 1.29 is 18.0 Å². The maximum Gasteiger partial charge on any atom is 0.263 e. The molecule has 0 saturated heterocycles.